The average Bonchev–Trinajstić information content (AvgIpc) is 3.44. The molecule has 0 aliphatic carbocycles. The van der Waals surface area contributed by atoms with Gasteiger partial charge in [0.15, 0.2) is 0 Å². The molecule has 0 saturated carbocycles. The van der Waals surface area contributed by atoms with Gasteiger partial charge in [0.1, 0.15) is 5.82 Å². The molecule has 0 bridgehead atoms. The van der Waals surface area contributed by atoms with Crippen LogP contribution >= 0.6 is 0 Å². The van der Waals surface area contributed by atoms with Crippen molar-refractivity contribution in [1.82, 2.24) is 20.2 Å². The largest absolute Gasteiger partial charge is 0.394 e. The number of aliphatic hydroxyl groups excluding tert-OH is 1. The Hall–Kier alpha value is -4.14. The van der Waals surface area contributed by atoms with E-state index in [1.54, 1.807) is 12.3 Å². The van der Waals surface area contributed by atoms with Gasteiger partial charge < -0.3 is 30.5 Å². The zero-order valence-electron chi connectivity index (χ0n) is 20.9. The molecule has 5 rings (SSSR count). The first-order chi connectivity index (χ1) is 18.1. The maximum absolute atomic E-state index is 12.9. The number of benzene rings is 2. The molecule has 1 unspecified atom stereocenters. The van der Waals surface area contributed by atoms with E-state index in [2.05, 4.69) is 50.1 Å². The maximum Gasteiger partial charge on any atom is 0.253 e. The Bertz CT molecular complexity index is 1330. The lowest BCUT2D eigenvalue weighted by atomic mass is 10.1. The van der Waals surface area contributed by atoms with Crippen LogP contribution in [0.5, 0.6) is 0 Å². The molecule has 2 aromatic carbocycles. The SMILES string of the molecule is Cc1cnc(Nc2ccc(N3CCNCC3)cc2)cc1-n1ccc(C(=O)NC(CO)c2ccccc2)c1. The van der Waals surface area contributed by atoms with Crippen LogP contribution in [0.3, 0.4) is 0 Å². The van der Waals surface area contributed by atoms with Crippen molar-refractivity contribution in [3.05, 3.63) is 102 Å². The number of pyridine rings is 1. The van der Waals surface area contributed by atoms with Crippen molar-refractivity contribution < 1.29 is 9.90 Å². The van der Waals surface area contributed by atoms with E-state index in [9.17, 15) is 9.90 Å². The van der Waals surface area contributed by atoms with Crippen LogP contribution in [-0.4, -0.2) is 53.4 Å². The average molecular weight is 497 g/mol. The lowest BCUT2D eigenvalue weighted by Gasteiger charge is -2.29. The number of piperazine rings is 1. The normalized spacial score (nSPS) is 14.3. The summed E-state index contributed by atoms with van der Waals surface area (Å²) in [6.07, 6.45) is 5.48. The number of hydrogen-bond acceptors (Lipinski definition) is 6. The Kier molecular flexibility index (Phi) is 7.49. The number of amides is 1. The van der Waals surface area contributed by atoms with Crippen LogP contribution in [0.15, 0.2) is 85.3 Å². The standard InChI is InChI=1S/C29H32N6O2/c1-21-18-31-28(32-24-7-9-25(10-8-24)34-15-12-30-13-16-34)17-27(21)35-14-11-23(19-35)29(37)33-26(20-36)22-5-3-2-4-6-22/h2-11,14,17-19,26,30,36H,12-13,15-16,20H2,1H3,(H,31,32)(H,33,37). The second kappa shape index (κ2) is 11.3. The molecule has 0 radical (unpaired) electrons. The lowest BCUT2D eigenvalue weighted by Crippen LogP contribution is -2.43. The summed E-state index contributed by atoms with van der Waals surface area (Å²) in [7, 11) is 0. The first-order valence-electron chi connectivity index (χ1n) is 12.5. The molecular formula is C29H32N6O2. The Morgan fingerprint density at radius 2 is 1.84 bits per heavy atom. The number of aryl methyl sites for hydroxylation is 1. The molecule has 1 saturated heterocycles. The first kappa shape index (κ1) is 24.5. The predicted molar refractivity (Wildman–Crippen MR) is 147 cm³/mol. The molecule has 4 aromatic rings. The van der Waals surface area contributed by atoms with Crippen molar-refractivity contribution in [2.45, 2.75) is 13.0 Å². The second-order valence-corrected chi connectivity index (χ2v) is 9.19. The van der Waals surface area contributed by atoms with Crippen molar-refractivity contribution in [3.8, 4) is 5.69 Å². The zero-order valence-corrected chi connectivity index (χ0v) is 20.9. The van der Waals surface area contributed by atoms with Gasteiger partial charge in [-0.1, -0.05) is 30.3 Å². The number of nitrogens with zero attached hydrogens (tertiary/aromatic N) is 3. The van der Waals surface area contributed by atoms with Gasteiger partial charge in [0.2, 0.25) is 0 Å². The van der Waals surface area contributed by atoms with Gasteiger partial charge >= 0.3 is 0 Å². The molecule has 8 heteroatoms. The predicted octanol–water partition coefficient (Wildman–Crippen LogP) is 3.80. The lowest BCUT2D eigenvalue weighted by molar-refractivity contribution is 0.0916. The summed E-state index contributed by atoms with van der Waals surface area (Å²) in [5, 5.41) is 19.5. The molecule has 1 aliphatic rings. The van der Waals surface area contributed by atoms with E-state index in [0.29, 0.717) is 5.56 Å². The Labute approximate surface area is 217 Å². The number of aliphatic hydroxyl groups is 1. The molecule has 1 amide bonds. The summed E-state index contributed by atoms with van der Waals surface area (Å²) in [5.41, 5.74) is 5.47. The van der Waals surface area contributed by atoms with Crippen molar-refractivity contribution in [1.29, 1.82) is 0 Å². The summed E-state index contributed by atoms with van der Waals surface area (Å²) in [6.45, 7) is 5.86. The number of rotatable bonds is 8. The van der Waals surface area contributed by atoms with E-state index >= 15 is 0 Å². The Morgan fingerprint density at radius 1 is 1.08 bits per heavy atom. The number of hydrogen-bond donors (Lipinski definition) is 4. The van der Waals surface area contributed by atoms with Gasteiger partial charge in [-0.15, -0.1) is 0 Å². The minimum absolute atomic E-state index is 0.175. The Balaban J connectivity index is 1.28. The van der Waals surface area contributed by atoms with Crippen LogP contribution in [0.2, 0.25) is 0 Å². The number of carbonyl (C=O) groups excluding carboxylic acids is 1. The molecular weight excluding hydrogens is 464 g/mol. The molecule has 8 nitrogen and oxygen atoms in total. The molecule has 190 valence electrons. The van der Waals surface area contributed by atoms with Gasteiger partial charge in [0, 0.05) is 62.2 Å². The topological polar surface area (TPSA) is 94.5 Å². The van der Waals surface area contributed by atoms with E-state index < -0.39 is 6.04 Å². The second-order valence-electron chi connectivity index (χ2n) is 9.19. The van der Waals surface area contributed by atoms with Crippen molar-refractivity contribution in [2.24, 2.45) is 0 Å². The van der Waals surface area contributed by atoms with Crippen molar-refractivity contribution in [2.75, 3.05) is 43.0 Å². The van der Waals surface area contributed by atoms with E-state index in [1.165, 1.54) is 5.69 Å². The summed E-state index contributed by atoms with van der Waals surface area (Å²) in [4.78, 5) is 19.8. The number of carbonyl (C=O) groups is 1. The third kappa shape index (κ3) is 5.82. The van der Waals surface area contributed by atoms with Crippen LogP contribution in [0, 0.1) is 6.92 Å². The molecule has 0 spiro atoms. The van der Waals surface area contributed by atoms with Crippen molar-refractivity contribution >= 4 is 23.1 Å². The van der Waals surface area contributed by atoms with E-state index in [1.807, 2.05) is 60.3 Å². The molecule has 4 N–H and O–H groups in total. The van der Waals surface area contributed by atoms with E-state index in [0.717, 1.165) is 54.5 Å². The quantitative estimate of drug-likeness (QED) is 0.297. The van der Waals surface area contributed by atoms with Crippen molar-refractivity contribution in [3.63, 3.8) is 0 Å². The minimum Gasteiger partial charge on any atom is -0.394 e. The smallest absolute Gasteiger partial charge is 0.253 e. The van der Waals surface area contributed by atoms with E-state index in [-0.39, 0.29) is 12.5 Å². The zero-order chi connectivity index (χ0) is 25.6. The molecule has 1 fully saturated rings. The highest BCUT2D eigenvalue weighted by atomic mass is 16.3. The van der Waals surface area contributed by atoms with E-state index in [4.69, 9.17) is 0 Å². The fourth-order valence-electron chi connectivity index (χ4n) is 4.53. The minimum atomic E-state index is -0.464. The summed E-state index contributed by atoms with van der Waals surface area (Å²) in [6, 6.07) is 21.2. The summed E-state index contributed by atoms with van der Waals surface area (Å²) in [5.74, 6) is 0.482. The number of nitrogens with one attached hydrogen (secondary N) is 3. The third-order valence-corrected chi connectivity index (χ3v) is 6.62. The maximum atomic E-state index is 12.9. The molecule has 2 aromatic heterocycles. The molecule has 1 atom stereocenters. The first-order valence-corrected chi connectivity index (χ1v) is 12.5. The third-order valence-electron chi connectivity index (χ3n) is 6.62. The van der Waals surface area contributed by atoms with Gasteiger partial charge in [0.25, 0.3) is 5.91 Å². The van der Waals surface area contributed by atoms with Gasteiger partial charge in [-0.05, 0) is 48.4 Å². The van der Waals surface area contributed by atoms with Gasteiger partial charge in [-0.25, -0.2) is 4.98 Å². The fourth-order valence-corrected chi connectivity index (χ4v) is 4.53. The highest BCUT2D eigenvalue weighted by Crippen LogP contribution is 2.24. The van der Waals surface area contributed by atoms with Gasteiger partial charge in [-0.2, -0.15) is 0 Å². The molecule has 3 heterocycles. The summed E-state index contributed by atoms with van der Waals surface area (Å²) < 4.78 is 1.92. The van der Waals surface area contributed by atoms with Crippen LogP contribution in [0.25, 0.3) is 5.69 Å². The monoisotopic (exact) mass is 496 g/mol. The highest BCUT2D eigenvalue weighted by molar-refractivity contribution is 5.94. The fraction of sp³-hybridized carbons (Fsp3) is 0.241. The summed E-state index contributed by atoms with van der Waals surface area (Å²) >= 11 is 0. The number of anilines is 3. The number of aromatic nitrogens is 2. The van der Waals surface area contributed by atoms with Crippen LogP contribution in [0.4, 0.5) is 17.2 Å². The van der Waals surface area contributed by atoms with Crippen LogP contribution in [0.1, 0.15) is 27.5 Å². The highest BCUT2D eigenvalue weighted by Gasteiger charge is 2.16. The molecule has 37 heavy (non-hydrogen) atoms. The van der Waals surface area contributed by atoms with Crippen LogP contribution in [-0.2, 0) is 0 Å². The van der Waals surface area contributed by atoms with Gasteiger partial charge in [0.05, 0.1) is 23.9 Å². The Morgan fingerprint density at radius 3 is 2.57 bits per heavy atom. The molecule has 1 aliphatic heterocycles. The van der Waals surface area contributed by atoms with Gasteiger partial charge in [-0.3, -0.25) is 4.79 Å². The van der Waals surface area contributed by atoms with Crippen LogP contribution < -0.4 is 20.9 Å².